The highest BCUT2D eigenvalue weighted by Crippen LogP contribution is 2.33. The molecule has 0 fully saturated rings. The van der Waals surface area contributed by atoms with Crippen molar-refractivity contribution in [1.29, 1.82) is 0 Å². The third-order valence-corrected chi connectivity index (χ3v) is 3.64. The number of hydrogen-bond donors (Lipinski definition) is 2. The Balaban J connectivity index is 2.88. The topological polar surface area (TPSA) is 58.1 Å². The molecule has 26 heavy (non-hydrogen) atoms. The summed E-state index contributed by atoms with van der Waals surface area (Å²) >= 11 is 0. The van der Waals surface area contributed by atoms with E-state index in [1.54, 1.807) is 25.1 Å². The quantitative estimate of drug-likeness (QED) is 0.462. The first-order chi connectivity index (χ1) is 12.5. The van der Waals surface area contributed by atoms with E-state index in [0.29, 0.717) is 30.4 Å². The fourth-order valence-electron chi connectivity index (χ4n) is 2.21. The summed E-state index contributed by atoms with van der Waals surface area (Å²) < 4.78 is 35.6. The van der Waals surface area contributed by atoms with Crippen LogP contribution in [0.3, 0.4) is 0 Å². The maximum atomic E-state index is 12.8. The molecular weight excluding hydrogens is 342 g/mol. The molecule has 0 amide bonds. The van der Waals surface area contributed by atoms with Crippen LogP contribution in [0.1, 0.15) is 26.3 Å². The Morgan fingerprint density at radius 3 is 2.62 bits per heavy atom. The van der Waals surface area contributed by atoms with Crippen LogP contribution in [0.5, 0.6) is 11.5 Å². The van der Waals surface area contributed by atoms with Crippen molar-refractivity contribution in [2.75, 3.05) is 39.8 Å². The van der Waals surface area contributed by atoms with Gasteiger partial charge in [-0.25, -0.2) is 4.99 Å². The van der Waals surface area contributed by atoms with Gasteiger partial charge >= 0.3 is 6.61 Å². The van der Waals surface area contributed by atoms with Gasteiger partial charge in [-0.1, -0.05) is 19.1 Å². The third-order valence-electron chi connectivity index (χ3n) is 3.64. The van der Waals surface area contributed by atoms with Crippen molar-refractivity contribution in [2.45, 2.75) is 33.9 Å². The summed E-state index contributed by atoms with van der Waals surface area (Å²) in [4.78, 5) is 6.65. The molecule has 0 saturated heterocycles. The van der Waals surface area contributed by atoms with Crippen LogP contribution in [0, 0.1) is 0 Å². The molecule has 0 atom stereocenters. The Morgan fingerprint density at radius 1 is 1.23 bits per heavy atom. The minimum atomic E-state index is -2.92. The largest absolute Gasteiger partial charge is 0.490 e. The number of nitrogens with zero attached hydrogens (tertiary/aromatic N) is 2. The maximum Gasteiger partial charge on any atom is 0.387 e. The number of nitrogens with one attached hydrogen (secondary N) is 2. The van der Waals surface area contributed by atoms with E-state index < -0.39 is 6.61 Å². The van der Waals surface area contributed by atoms with Gasteiger partial charge in [-0.3, -0.25) is 0 Å². The monoisotopic (exact) mass is 372 g/mol. The Morgan fingerprint density at radius 2 is 2.00 bits per heavy atom. The van der Waals surface area contributed by atoms with E-state index in [4.69, 9.17) is 4.74 Å². The van der Waals surface area contributed by atoms with Gasteiger partial charge in [0.15, 0.2) is 17.5 Å². The van der Waals surface area contributed by atoms with Gasteiger partial charge in [0.05, 0.1) is 13.2 Å². The van der Waals surface area contributed by atoms with Crippen molar-refractivity contribution in [3.8, 4) is 11.5 Å². The lowest BCUT2D eigenvalue weighted by Crippen LogP contribution is -2.40. The lowest BCUT2D eigenvalue weighted by atomic mass is 10.2. The van der Waals surface area contributed by atoms with Gasteiger partial charge < -0.3 is 25.0 Å². The molecule has 0 aliphatic rings. The van der Waals surface area contributed by atoms with E-state index in [1.165, 1.54) is 0 Å². The maximum absolute atomic E-state index is 12.8. The van der Waals surface area contributed by atoms with Crippen LogP contribution >= 0.6 is 0 Å². The third kappa shape index (κ3) is 7.86. The van der Waals surface area contributed by atoms with Crippen molar-refractivity contribution >= 4 is 5.96 Å². The zero-order valence-electron chi connectivity index (χ0n) is 16.0. The normalized spacial score (nSPS) is 11.8. The van der Waals surface area contributed by atoms with Gasteiger partial charge in [0.2, 0.25) is 0 Å². The number of rotatable bonds is 11. The molecule has 0 unspecified atom stereocenters. The van der Waals surface area contributed by atoms with Crippen LogP contribution in [0.25, 0.3) is 0 Å². The van der Waals surface area contributed by atoms with Gasteiger partial charge in [0.1, 0.15) is 0 Å². The summed E-state index contributed by atoms with van der Waals surface area (Å²) in [5.41, 5.74) is 0.541. The van der Waals surface area contributed by atoms with Crippen LogP contribution in [0.4, 0.5) is 8.78 Å². The lowest BCUT2D eigenvalue weighted by Gasteiger charge is -2.17. The number of benzene rings is 1. The molecular formula is C18H30F2N4O2. The molecule has 0 bridgehead atoms. The molecule has 1 aromatic rings. The van der Waals surface area contributed by atoms with Crippen LogP contribution in [-0.4, -0.2) is 57.3 Å². The van der Waals surface area contributed by atoms with Gasteiger partial charge in [-0.05, 0) is 33.5 Å². The highest BCUT2D eigenvalue weighted by atomic mass is 19.3. The fourth-order valence-corrected chi connectivity index (χ4v) is 2.21. The van der Waals surface area contributed by atoms with Gasteiger partial charge in [0, 0.05) is 25.2 Å². The average molecular weight is 372 g/mol. The minimum absolute atomic E-state index is 0.0367. The molecule has 0 radical (unpaired) electrons. The Bertz CT molecular complexity index is 556. The van der Waals surface area contributed by atoms with Gasteiger partial charge in [0.25, 0.3) is 0 Å². The smallest absolute Gasteiger partial charge is 0.387 e. The van der Waals surface area contributed by atoms with Crippen molar-refractivity contribution in [2.24, 2.45) is 4.99 Å². The van der Waals surface area contributed by atoms with Crippen molar-refractivity contribution in [1.82, 2.24) is 15.5 Å². The molecule has 1 aromatic carbocycles. The number of hydrogen-bond acceptors (Lipinski definition) is 4. The molecule has 1 rings (SSSR count). The highest BCUT2D eigenvalue weighted by Gasteiger charge is 2.15. The number of alkyl halides is 2. The molecule has 0 heterocycles. The standard InChI is InChI=1S/C18H30F2N4O2/c1-5-21-18(22-11-12-24(4)6-2)23-13-14-9-8-10-15(25-7-3)16(14)26-17(19)20/h8-10,17H,5-7,11-13H2,1-4H3,(H2,21,22,23). The Labute approximate surface area is 154 Å². The van der Waals surface area contributed by atoms with E-state index in [0.717, 1.165) is 19.6 Å². The van der Waals surface area contributed by atoms with Crippen LogP contribution in [0.15, 0.2) is 23.2 Å². The summed E-state index contributed by atoms with van der Waals surface area (Å²) in [6.07, 6.45) is 0. The number of halogens is 2. The highest BCUT2D eigenvalue weighted by molar-refractivity contribution is 5.79. The first-order valence-electron chi connectivity index (χ1n) is 8.91. The molecule has 2 N–H and O–H groups in total. The molecule has 6 nitrogen and oxygen atoms in total. The summed E-state index contributed by atoms with van der Waals surface area (Å²) in [6, 6.07) is 5.06. The van der Waals surface area contributed by atoms with Crippen molar-refractivity contribution < 1.29 is 18.3 Å². The zero-order valence-corrected chi connectivity index (χ0v) is 16.0. The summed E-state index contributed by atoms with van der Waals surface area (Å²) in [5.74, 6) is 0.958. The Kier molecular flexibility index (Phi) is 10.4. The van der Waals surface area contributed by atoms with Gasteiger partial charge in [-0.2, -0.15) is 8.78 Å². The predicted octanol–water partition coefficient (Wildman–Crippen LogP) is 2.69. The fraction of sp³-hybridized carbons (Fsp3) is 0.611. The molecule has 0 saturated carbocycles. The SMILES string of the molecule is CCNC(=NCc1cccc(OCC)c1OC(F)F)NCCN(C)CC. The van der Waals surface area contributed by atoms with Crippen LogP contribution in [0.2, 0.25) is 0 Å². The van der Waals surface area contributed by atoms with E-state index >= 15 is 0 Å². The second-order valence-corrected chi connectivity index (χ2v) is 5.57. The van der Waals surface area contributed by atoms with Crippen molar-refractivity contribution in [3.63, 3.8) is 0 Å². The minimum Gasteiger partial charge on any atom is -0.490 e. The molecule has 0 aliphatic carbocycles. The van der Waals surface area contributed by atoms with Gasteiger partial charge in [-0.15, -0.1) is 0 Å². The second kappa shape index (κ2) is 12.3. The second-order valence-electron chi connectivity index (χ2n) is 5.57. The summed E-state index contributed by atoms with van der Waals surface area (Å²) in [7, 11) is 2.04. The number of ether oxygens (including phenoxy) is 2. The average Bonchev–Trinajstić information content (AvgIpc) is 2.61. The van der Waals surface area contributed by atoms with E-state index in [2.05, 4.69) is 32.2 Å². The van der Waals surface area contributed by atoms with Crippen LogP contribution < -0.4 is 20.1 Å². The lowest BCUT2D eigenvalue weighted by molar-refractivity contribution is -0.0520. The predicted molar refractivity (Wildman–Crippen MR) is 100 cm³/mol. The number of likely N-dealkylation sites (N-methyl/N-ethyl adjacent to an activating group) is 1. The van der Waals surface area contributed by atoms with E-state index in [-0.39, 0.29) is 12.3 Å². The number of para-hydroxylation sites is 1. The van der Waals surface area contributed by atoms with Crippen LogP contribution in [-0.2, 0) is 6.54 Å². The number of guanidine groups is 1. The number of aliphatic imine (C=N–C) groups is 1. The first-order valence-corrected chi connectivity index (χ1v) is 8.91. The summed E-state index contributed by atoms with van der Waals surface area (Å²) in [5, 5.41) is 6.38. The first kappa shape index (κ1) is 22.0. The summed E-state index contributed by atoms with van der Waals surface area (Å²) in [6.45, 7) is 6.76. The molecule has 8 heteroatoms. The van der Waals surface area contributed by atoms with Crippen molar-refractivity contribution in [3.05, 3.63) is 23.8 Å². The Hall–Kier alpha value is -2.09. The molecule has 0 aliphatic heterocycles. The molecule has 0 aromatic heterocycles. The zero-order chi connectivity index (χ0) is 19.4. The van der Waals surface area contributed by atoms with E-state index in [1.807, 2.05) is 14.0 Å². The molecule has 148 valence electrons. The molecule has 0 spiro atoms. The van der Waals surface area contributed by atoms with E-state index in [9.17, 15) is 8.78 Å².